The zero-order valence-corrected chi connectivity index (χ0v) is 10.7. The molecule has 1 aromatic rings. The van der Waals surface area contributed by atoms with Gasteiger partial charge in [0.1, 0.15) is 0 Å². The van der Waals surface area contributed by atoms with Crippen LogP contribution in [0, 0.1) is 5.92 Å². The fraction of sp³-hybridized carbons (Fsp3) is 0.625. The van der Waals surface area contributed by atoms with E-state index in [4.69, 9.17) is 0 Å². The van der Waals surface area contributed by atoms with E-state index in [0.29, 0.717) is 5.92 Å². The minimum atomic E-state index is 0.656. The smallest absolute Gasteiger partial charge is 0.0219 e. The normalized spacial score (nSPS) is 17.2. The van der Waals surface area contributed by atoms with Crippen molar-refractivity contribution < 1.29 is 0 Å². The fourth-order valence-electron chi connectivity index (χ4n) is 2.74. The van der Waals surface area contributed by atoms with Gasteiger partial charge in [0.15, 0.2) is 0 Å². The van der Waals surface area contributed by atoms with Gasteiger partial charge in [0.2, 0.25) is 0 Å². The molecular weight excluding hydrogens is 192 g/mol. The Balaban J connectivity index is 1.84. The van der Waals surface area contributed by atoms with Gasteiger partial charge >= 0.3 is 0 Å². The van der Waals surface area contributed by atoms with Gasteiger partial charge in [-0.1, -0.05) is 63.8 Å². The van der Waals surface area contributed by atoms with E-state index in [2.05, 4.69) is 38.1 Å². The van der Waals surface area contributed by atoms with Crippen LogP contribution < -0.4 is 0 Å². The molecule has 0 unspecified atom stereocenters. The first-order valence-corrected chi connectivity index (χ1v) is 6.84. The molecule has 16 heavy (non-hydrogen) atoms. The van der Waals surface area contributed by atoms with Crippen molar-refractivity contribution in [3.05, 3.63) is 35.4 Å². The van der Waals surface area contributed by atoms with Crippen molar-refractivity contribution in [2.24, 2.45) is 5.92 Å². The summed E-state index contributed by atoms with van der Waals surface area (Å²) in [7, 11) is 0. The predicted octanol–water partition coefficient (Wildman–Crippen LogP) is 4.93. The Morgan fingerprint density at radius 2 is 1.69 bits per heavy atom. The monoisotopic (exact) mass is 216 g/mol. The molecule has 0 heteroatoms. The van der Waals surface area contributed by atoms with E-state index in [0.717, 1.165) is 5.92 Å². The Morgan fingerprint density at radius 3 is 2.25 bits per heavy atom. The van der Waals surface area contributed by atoms with Crippen LogP contribution in [0.5, 0.6) is 0 Å². The summed E-state index contributed by atoms with van der Waals surface area (Å²) >= 11 is 0. The molecule has 0 aliphatic heterocycles. The van der Waals surface area contributed by atoms with Crippen molar-refractivity contribution in [1.82, 2.24) is 0 Å². The minimum absolute atomic E-state index is 0.656. The summed E-state index contributed by atoms with van der Waals surface area (Å²) in [6.07, 6.45) is 8.58. The Kier molecular flexibility index (Phi) is 4.04. The molecule has 0 radical (unpaired) electrons. The summed E-state index contributed by atoms with van der Waals surface area (Å²) in [6, 6.07) is 9.25. The third kappa shape index (κ3) is 3.10. The first-order valence-electron chi connectivity index (χ1n) is 6.84. The lowest BCUT2D eigenvalue weighted by atomic mass is 9.96. The maximum Gasteiger partial charge on any atom is -0.0219 e. The maximum absolute atomic E-state index is 2.32. The molecule has 0 saturated heterocycles. The van der Waals surface area contributed by atoms with E-state index in [1.54, 1.807) is 0 Å². The van der Waals surface area contributed by atoms with Gasteiger partial charge in [-0.3, -0.25) is 0 Å². The first-order chi connectivity index (χ1) is 7.75. The molecule has 88 valence electrons. The van der Waals surface area contributed by atoms with Crippen LogP contribution >= 0.6 is 0 Å². The Hall–Kier alpha value is -0.780. The van der Waals surface area contributed by atoms with Gasteiger partial charge in [0.05, 0.1) is 0 Å². The molecule has 0 bridgehead atoms. The lowest BCUT2D eigenvalue weighted by Gasteiger charge is -2.10. The number of rotatable bonds is 4. The second kappa shape index (κ2) is 5.52. The lowest BCUT2D eigenvalue weighted by Crippen LogP contribution is -1.96. The maximum atomic E-state index is 2.32. The molecule has 0 atom stereocenters. The van der Waals surface area contributed by atoms with Crippen molar-refractivity contribution in [3.63, 3.8) is 0 Å². The Morgan fingerprint density at radius 1 is 1.06 bits per heavy atom. The second-order valence-corrected chi connectivity index (χ2v) is 5.59. The largest absolute Gasteiger partial charge is 0.0588 e. The molecule has 1 saturated carbocycles. The molecule has 1 aliphatic carbocycles. The number of hydrogen-bond donors (Lipinski definition) is 0. The molecule has 0 amide bonds. The number of hydrogen-bond acceptors (Lipinski definition) is 0. The van der Waals surface area contributed by atoms with Crippen molar-refractivity contribution in [1.29, 1.82) is 0 Å². The SMILES string of the molecule is CC(C)c1ccc(CCC2CCCC2)cc1. The Labute approximate surface area is 100 Å². The highest BCUT2D eigenvalue weighted by Crippen LogP contribution is 2.28. The first kappa shape index (κ1) is 11.7. The van der Waals surface area contributed by atoms with Gasteiger partial charge in [-0.05, 0) is 35.8 Å². The van der Waals surface area contributed by atoms with Crippen LogP contribution in [0.1, 0.15) is 63.0 Å². The third-order valence-corrected chi connectivity index (χ3v) is 3.96. The molecule has 0 heterocycles. The predicted molar refractivity (Wildman–Crippen MR) is 70.8 cm³/mol. The van der Waals surface area contributed by atoms with Gasteiger partial charge < -0.3 is 0 Å². The summed E-state index contributed by atoms with van der Waals surface area (Å²) in [5.41, 5.74) is 2.99. The highest BCUT2D eigenvalue weighted by molar-refractivity contribution is 5.24. The highest BCUT2D eigenvalue weighted by Gasteiger charge is 2.14. The quantitative estimate of drug-likeness (QED) is 0.669. The third-order valence-electron chi connectivity index (χ3n) is 3.96. The molecule has 0 nitrogen and oxygen atoms in total. The zero-order valence-electron chi connectivity index (χ0n) is 10.7. The van der Waals surface area contributed by atoms with E-state index >= 15 is 0 Å². The van der Waals surface area contributed by atoms with Gasteiger partial charge in [-0.25, -0.2) is 0 Å². The van der Waals surface area contributed by atoms with Crippen LogP contribution in [-0.4, -0.2) is 0 Å². The van der Waals surface area contributed by atoms with Crippen LogP contribution in [0.2, 0.25) is 0 Å². The topological polar surface area (TPSA) is 0 Å². The lowest BCUT2D eigenvalue weighted by molar-refractivity contribution is 0.504. The average Bonchev–Trinajstić information content (AvgIpc) is 2.80. The second-order valence-electron chi connectivity index (χ2n) is 5.59. The average molecular weight is 216 g/mol. The van der Waals surface area contributed by atoms with Gasteiger partial charge in [0.25, 0.3) is 0 Å². The minimum Gasteiger partial charge on any atom is -0.0588 e. The van der Waals surface area contributed by atoms with Crippen LogP contribution in [0.25, 0.3) is 0 Å². The van der Waals surface area contributed by atoms with Crippen molar-refractivity contribution in [2.75, 3.05) is 0 Å². The van der Waals surface area contributed by atoms with E-state index in [1.165, 1.54) is 49.7 Å². The van der Waals surface area contributed by atoms with Gasteiger partial charge in [-0.2, -0.15) is 0 Å². The van der Waals surface area contributed by atoms with Gasteiger partial charge in [0, 0.05) is 0 Å². The molecule has 0 N–H and O–H groups in total. The molecular formula is C16H24. The highest BCUT2D eigenvalue weighted by atomic mass is 14.2. The van der Waals surface area contributed by atoms with E-state index in [-0.39, 0.29) is 0 Å². The van der Waals surface area contributed by atoms with E-state index < -0.39 is 0 Å². The van der Waals surface area contributed by atoms with Crippen molar-refractivity contribution >= 4 is 0 Å². The molecule has 1 aliphatic rings. The molecule has 0 spiro atoms. The van der Waals surface area contributed by atoms with Gasteiger partial charge in [-0.15, -0.1) is 0 Å². The molecule has 0 aromatic heterocycles. The molecule has 1 aromatic carbocycles. The summed E-state index contributed by atoms with van der Waals surface area (Å²) in [5, 5.41) is 0. The summed E-state index contributed by atoms with van der Waals surface area (Å²) in [4.78, 5) is 0. The zero-order chi connectivity index (χ0) is 11.4. The number of aryl methyl sites for hydroxylation is 1. The van der Waals surface area contributed by atoms with Crippen LogP contribution in [0.15, 0.2) is 24.3 Å². The standard InChI is InChI=1S/C16H24/c1-13(2)16-11-9-15(10-12-16)8-7-14-5-3-4-6-14/h9-14H,3-8H2,1-2H3. The van der Waals surface area contributed by atoms with Crippen LogP contribution in [0.4, 0.5) is 0 Å². The van der Waals surface area contributed by atoms with E-state index in [9.17, 15) is 0 Å². The van der Waals surface area contributed by atoms with Crippen molar-refractivity contribution in [2.45, 2.75) is 58.3 Å². The Bertz CT molecular complexity index is 301. The van der Waals surface area contributed by atoms with Crippen molar-refractivity contribution in [3.8, 4) is 0 Å². The summed E-state index contributed by atoms with van der Waals surface area (Å²) < 4.78 is 0. The summed E-state index contributed by atoms with van der Waals surface area (Å²) in [5.74, 6) is 1.67. The molecule has 2 rings (SSSR count). The van der Waals surface area contributed by atoms with Crippen LogP contribution in [-0.2, 0) is 6.42 Å². The number of benzene rings is 1. The fourth-order valence-corrected chi connectivity index (χ4v) is 2.74. The molecule has 1 fully saturated rings. The van der Waals surface area contributed by atoms with E-state index in [1.807, 2.05) is 0 Å². The van der Waals surface area contributed by atoms with Crippen LogP contribution in [0.3, 0.4) is 0 Å². The summed E-state index contributed by atoms with van der Waals surface area (Å²) in [6.45, 7) is 4.51.